The number of hydrogen-bond donors (Lipinski definition) is 2. The van der Waals surface area contributed by atoms with Gasteiger partial charge in [0.25, 0.3) is 0 Å². The zero-order valence-corrected chi connectivity index (χ0v) is 15.2. The maximum atomic E-state index is 4.98. The Morgan fingerprint density at radius 2 is 1.87 bits per heavy atom. The molecular weight excluding hydrogens is 286 g/mol. The number of fused-ring (bicyclic) bond motifs is 1. The summed E-state index contributed by atoms with van der Waals surface area (Å²) in [6, 6.07) is 0. The molecule has 126 valence electrons. The molecule has 0 fully saturated rings. The van der Waals surface area contributed by atoms with Crippen LogP contribution < -0.4 is 10.6 Å². The molecule has 2 heterocycles. The molecule has 0 amide bonds. The molecule has 0 saturated carbocycles. The fourth-order valence-corrected chi connectivity index (χ4v) is 3.07. The van der Waals surface area contributed by atoms with E-state index in [4.69, 9.17) is 9.97 Å². The van der Waals surface area contributed by atoms with Crippen LogP contribution in [0.3, 0.4) is 0 Å². The second-order valence-electron chi connectivity index (χ2n) is 5.77. The van der Waals surface area contributed by atoms with E-state index in [1.807, 2.05) is 21.1 Å². The first-order chi connectivity index (χ1) is 11.1. The standard InChI is InChI=1S/C18H29N5/c1-7-10-12-11-23(6)18-15(12)21-14(9-3)17(22-18)16(20-5)13(8-2)19-4/h11,19-20H,7-10H2,1-6H3/b16-13-. The number of allylic oxidation sites excluding steroid dienone is 1. The van der Waals surface area contributed by atoms with Gasteiger partial charge in [-0.1, -0.05) is 27.2 Å². The second-order valence-corrected chi connectivity index (χ2v) is 5.77. The molecule has 0 aliphatic heterocycles. The van der Waals surface area contributed by atoms with Crippen LogP contribution in [-0.2, 0) is 19.9 Å². The largest absolute Gasteiger partial charge is 0.390 e. The van der Waals surface area contributed by atoms with Gasteiger partial charge < -0.3 is 15.2 Å². The third-order valence-electron chi connectivity index (χ3n) is 4.24. The van der Waals surface area contributed by atoms with Gasteiger partial charge in [-0.05, 0) is 24.8 Å². The van der Waals surface area contributed by atoms with Crippen LogP contribution >= 0.6 is 0 Å². The van der Waals surface area contributed by atoms with Crippen LogP contribution in [-0.4, -0.2) is 28.6 Å². The Labute approximate surface area is 139 Å². The maximum Gasteiger partial charge on any atom is 0.159 e. The Kier molecular flexibility index (Phi) is 5.64. The molecule has 2 rings (SSSR count). The Hall–Kier alpha value is -2.04. The van der Waals surface area contributed by atoms with Gasteiger partial charge in [0.2, 0.25) is 0 Å². The van der Waals surface area contributed by atoms with Crippen molar-refractivity contribution in [2.45, 2.75) is 46.5 Å². The minimum absolute atomic E-state index is 0.866. The van der Waals surface area contributed by atoms with Crippen LogP contribution in [0.1, 0.15) is 50.6 Å². The van der Waals surface area contributed by atoms with Crippen LogP contribution in [0.25, 0.3) is 16.9 Å². The topological polar surface area (TPSA) is 54.8 Å². The number of rotatable bonds is 7. The van der Waals surface area contributed by atoms with Gasteiger partial charge in [-0.2, -0.15) is 0 Å². The SMILES string of the molecule is CCCc1cn(C)c2nc(/C(NC)=C(\CC)NC)c(CC)nc12. The van der Waals surface area contributed by atoms with E-state index < -0.39 is 0 Å². The Morgan fingerprint density at radius 1 is 1.13 bits per heavy atom. The minimum Gasteiger partial charge on any atom is -0.390 e. The summed E-state index contributed by atoms with van der Waals surface area (Å²) < 4.78 is 2.09. The van der Waals surface area contributed by atoms with Crippen molar-refractivity contribution in [3.63, 3.8) is 0 Å². The van der Waals surface area contributed by atoms with Gasteiger partial charge >= 0.3 is 0 Å². The van der Waals surface area contributed by atoms with Crippen molar-refractivity contribution >= 4 is 16.9 Å². The fourth-order valence-electron chi connectivity index (χ4n) is 3.07. The lowest BCUT2D eigenvalue weighted by Gasteiger charge is -2.16. The number of nitrogens with zero attached hydrogens (tertiary/aromatic N) is 3. The molecule has 5 nitrogen and oxygen atoms in total. The van der Waals surface area contributed by atoms with Crippen molar-refractivity contribution in [1.82, 2.24) is 25.2 Å². The highest BCUT2D eigenvalue weighted by Gasteiger charge is 2.17. The van der Waals surface area contributed by atoms with E-state index in [1.165, 1.54) is 5.56 Å². The van der Waals surface area contributed by atoms with Gasteiger partial charge in [0.15, 0.2) is 5.65 Å². The molecular formula is C18H29N5. The van der Waals surface area contributed by atoms with Crippen molar-refractivity contribution in [2.75, 3.05) is 14.1 Å². The molecule has 0 spiro atoms. The highest BCUT2D eigenvalue weighted by molar-refractivity contribution is 5.79. The molecule has 5 heteroatoms. The van der Waals surface area contributed by atoms with E-state index in [1.54, 1.807) is 0 Å². The van der Waals surface area contributed by atoms with Crippen LogP contribution in [0.2, 0.25) is 0 Å². The van der Waals surface area contributed by atoms with E-state index in [0.717, 1.165) is 59.6 Å². The fraction of sp³-hybridized carbons (Fsp3) is 0.556. The van der Waals surface area contributed by atoms with Crippen LogP contribution in [0, 0.1) is 0 Å². The van der Waals surface area contributed by atoms with Crippen LogP contribution in [0.15, 0.2) is 11.9 Å². The zero-order chi connectivity index (χ0) is 17.0. The van der Waals surface area contributed by atoms with Crippen LogP contribution in [0.5, 0.6) is 0 Å². The maximum absolute atomic E-state index is 4.98. The molecule has 0 unspecified atom stereocenters. The summed E-state index contributed by atoms with van der Waals surface area (Å²) >= 11 is 0. The lowest BCUT2D eigenvalue weighted by molar-refractivity contribution is 0.868. The van der Waals surface area contributed by atoms with Gasteiger partial charge in [-0.3, -0.25) is 0 Å². The van der Waals surface area contributed by atoms with Crippen molar-refractivity contribution in [3.05, 3.63) is 28.8 Å². The normalized spacial score (nSPS) is 12.4. The molecule has 2 aromatic rings. The quantitative estimate of drug-likeness (QED) is 0.825. The average molecular weight is 315 g/mol. The number of nitrogens with one attached hydrogen (secondary N) is 2. The summed E-state index contributed by atoms with van der Waals surface area (Å²) in [6.07, 6.45) is 6.11. The smallest absolute Gasteiger partial charge is 0.159 e. The minimum atomic E-state index is 0.866. The Bertz CT molecular complexity index is 706. The number of aryl methyl sites for hydroxylation is 3. The summed E-state index contributed by atoms with van der Waals surface area (Å²) in [5, 5.41) is 6.60. The average Bonchev–Trinajstić information content (AvgIpc) is 2.87. The first-order valence-corrected chi connectivity index (χ1v) is 8.54. The summed E-state index contributed by atoms with van der Waals surface area (Å²) in [5.74, 6) is 0. The van der Waals surface area contributed by atoms with Crippen molar-refractivity contribution in [2.24, 2.45) is 7.05 Å². The first kappa shape index (κ1) is 17.3. The lowest BCUT2D eigenvalue weighted by atomic mass is 10.1. The van der Waals surface area contributed by atoms with E-state index in [0.29, 0.717) is 0 Å². The van der Waals surface area contributed by atoms with Gasteiger partial charge in [0, 0.05) is 33.0 Å². The highest BCUT2D eigenvalue weighted by atomic mass is 15.1. The monoisotopic (exact) mass is 315 g/mol. The van der Waals surface area contributed by atoms with E-state index in [-0.39, 0.29) is 0 Å². The first-order valence-electron chi connectivity index (χ1n) is 8.54. The van der Waals surface area contributed by atoms with E-state index in [9.17, 15) is 0 Å². The van der Waals surface area contributed by atoms with Crippen molar-refractivity contribution in [1.29, 1.82) is 0 Å². The molecule has 2 aromatic heterocycles. The predicted molar refractivity (Wildman–Crippen MR) is 97.2 cm³/mol. The second kappa shape index (κ2) is 7.49. The van der Waals surface area contributed by atoms with E-state index in [2.05, 4.69) is 42.2 Å². The van der Waals surface area contributed by atoms with Gasteiger partial charge in [0.1, 0.15) is 11.2 Å². The highest BCUT2D eigenvalue weighted by Crippen LogP contribution is 2.24. The summed E-state index contributed by atoms with van der Waals surface area (Å²) in [4.78, 5) is 9.94. The van der Waals surface area contributed by atoms with Gasteiger partial charge in [-0.25, -0.2) is 9.97 Å². The molecule has 0 radical (unpaired) electrons. The molecule has 0 aliphatic rings. The van der Waals surface area contributed by atoms with Gasteiger partial charge in [0.05, 0.1) is 11.4 Å². The summed E-state index contributed by atoms with van der Waals surface area (Å²) in [7, 11) is 5.95. The number of aromatic nitrogens is 3. The van der Waals surface area contributed by atoms with Gasteiger partial charge in [-0.15, -0.1) is 0 Å². The molecule has 0 aromatic carbocycles. The summed E-state index contributed by atoms with van der Waals surface area (Å²) in [5.41, 5.74) is 7.49. The van der Waals surface area contributed by atoms with E-state index >= 15 is 0 Å². The molecule has 0 saturated heterocycles. The Balaban J connectivity index is 2.74. The third kappa shape index (κ3) is 3.19. The molecule has 0 aliphatic carbocycles. The predicted octanol–water partition coefficient (Wildman–Crippen LogP) is 3.00. The Morgan fingerprint density at radius 3 is 2.39 bits per heavy atom. The molecule has 23 heavy (non-hydrogen) atoms. The molecule has 0 bridgehead atoms. The molecule has 0 atom stereocenters. The third-order valence-corrected chi connectivity index (χ3v) is 4.24. The molecule has 2 N–H and O–H groups in total. The van der Waals surface area contributed by atoms with Crippen LogP contribution in [0.4, 0.5) is 0 Å². The lowest BCUT2D eigenvalue weighted by Crippen LogP contribution is -2.18. The van der Waals surface area contributed by atoms with Crippen molar-refractivity contribution in [3.8, 4) is 0 Å². The van der Waals surface area contributed by atoms with Crippen molar-refractivity contribution < 1.29 is 0 Å². The summed E-state index contributed by atoms with van der Waals surface area (Å²) in [6.45, 7) is 6.48. The number of hydrogen-bond acceptors (Lipinski definition) is 4. The zero-order valence-electron chi connectivity index (χ0n) is 15.2.